The predicted molar refractivity (Wildman–Crippen MR) is 89.0 cm³/mol. The van der Waals surface area contributed by atoms with Gasteiger partial charge >= 0.3 is 0 Å². The van der Waals surface area contributed by atoms with Gasteiger partial charge in [-0.25, -0.2) is 9.97 Å². The molecular formula is C17H16N6O. The van der Waals surface area contributed by atoms with Gasteiger partial charge in [-0.15, -0.1) is 0 Å². The largest absolute Gasteiger partial charge is 0.366 e. The van der Waals surface area contributed by atoms with E-state index in [1.165, 1.54) is 6.33 Å². The summed E-state index contributed by atoms with van der Waals surface area (Å²) in [6.45, 7) is 0.993. The molecule has 1 amide bonds. The van der Waals surface area contributed by atoms with Crippen molar-refractivity contribution < 1.29 is 4.79 Å². The van der Waals surface area contributed by atoms with Crippen molar-refractivity contribution in [1.82, 2.24) is 25.3 Å². The van der Waals surface area contributed by atoms with Crippen LogP contribution in [0.1, 0.15) is 21.6 Å². The number of nitrogens with zero attached hydrogens (tertiary/aromatic N) is 4. The lowest BCUT2D eigenvalue weighted by Gasteiger charge is -2.07. The SMILES string of the molecule is O=C(NCc1ccncc1)c1cc(NCc2cccnc2)ncn1. The van der Waals surface area contributed by atoms with Crippen LogP contribution in [-0.2, 0) is 13.1 Å². The lowest BCUT2D eigenvalue weighted by atomic mass is 10.2. The first-order chi connectivity index (χ1) is 11.8. The van der Waals surface area contributed by atoms with E-state index in [9.17, 15) is 4.79 Å². The first kappa shape index (κ1) is 15.5. The number of amides is 1. The Morgan fingerprint density at radius 2 is 1.83 bits per heavy atom. The van der Waals surface area contributed by atoms with Crippen molar-refractivity contribution in [3.63, 3.8) is 0 Å². The van der Waals surface area contributed by atoms with Crippen LogP contribution in [0.5, 0.6) is 0 Å². The minimum Gasteiger partial charge on any atom is -0.366 e. The highest BCUT2D eigenvalue weighted by Gasteiger charge is 2.08. The second-order valence-electron chi connectivity index (χ2n) is 5.04. The lowest BCUT2D eigenvalue weighted by Crippen LogP contribution is -2.24. The van der Waals surface area contributed by atoms with Crippen molar-refractivity contribution in [3.05, 3.63) is 78.3 Å². The van der Waals surface area contributed by atoms with Gasteiger partial charge in [-0.05, 0) is 29.3 Å². The average molecular weight is 320 g/mol. The van der Waals surface area contributed by atoms with E-state index in [1.54, 1.807) is 30.9 Å². The van der Waals surface area contributed by atoms with Crippen LogP contribution < -0.4 is 10.6 Å². The van der Waals surface area contributed by atoms with Crippen molar-refractivity contribution in [2.45, 2.75) is 13.1 Å². The molecule has 0 atom stereocenters. The summed E-state index contributed by atoms with van der Waals surface area (Å²) in [7, 11) is 0. The summed E-state index contributed by atoms with van der Waals surface area (Å²) in [4.78, 5) is 28.3. The van der Waals surface area contributed by atoms with Crippen molar-refractivity contribution in [1.29, 1.82) is 0 Å². The van der Waals surface area contributed by atoms with Crippen LogP contribution in [-0.4, -0.2) is 25.8 Å². The highest BCUT2D eigenvalue weighted by atomic mass is 16.1. The molecule has 24 heavy (non-hydrogen) atoms. The number of carbonyl (C=O) groups excluding carboxylic acids is 1. The van der Waals surface area contributed by atoms with E-state index in [-0.39, 0.29) is 5.91 Å². The molecule has 0 radical (unpaired) electrons. The maximum Gasteiger partial charge on any atom is 0.270 e. The Hall–Kier alpha value is -3.35. The van der Waals surface area contributed by atoms with Gasteiger partial charge in [0.15, 0.2) is 0 Å². The lowest BCUT2D eigenvalue weighted by molar-refractivity contribution is 0.0946. The molecule has 120 valence electrons. The Balaban J connectivity index is 1.59. The van der Waals surface area contributed by atoms with Crippen LogP contribution in [0.15, 0.2) is 61.4 Å². The number of aromatic nitrogens is 4. The summed E-state index contributed by atoms with van der Waals surface area (Å²) >= 11 is 0. The fourth-order valence-corrected chi connectivity index (χ4v) is 2.05. The Bertz CT molecular complexity index is 794. The molecule has 3 heterocycles. The van der Waals surface area contributed by atoms with Crippen LogP contribution in [0.3, 0.4) is 0 Å². The monoisotopic (exact) mass is 320 g/mol. The zero-order valence-corrected chi connectivity index (χ0v) is 12.9. The summed E-state index contributed by atoms with van der Waals surface area (Å²) in [6.07, 6.45) is 8.24. The number of hydrogen-bond acceptors (Lipinski definition) is 6. The summed E-state index contributed by atoms with van der Waals surface area (Å²) in [5, 5.41) is 5.97. The molecule has 3 aromatic rings. The third-order valence-electron chi connectivity index (χ3n) is 3.30. The second-order valence-corrected chi connectivity index (χ2v) is 5.04. The predicted octanol–water partition coefficient (Wildman–Crippen LogP) is 1.81. The quantitative estimate of drug-likeness (QED) is 0.719. The van der Waals surface area contributed by atoms with E-state index in [1.807, 2.05) is 24.3 Å². The minimum absolute atomic E-state index is 0.251. The topological polar surface area (TPSA) is 92.7 Å². The molecule has 0 saturated heterocycles. The van der Waals surface area contributed by atoms with Crippen LogP contribution in [0.4, 0.5) is 5.82 Å². The molecule has 0 aliphatic heterocycles. The van der Waals surface area contributed by atoms with Gasteiger partial charge in [0.05, 0.1) is 0 Å². The molecule has 7 nitrogen and oxygen atoms in total. The molecule has 7 heteroatoms. The summed E-state index contributed by atoms with van der Waals surface area (Å²) < 4.78 is 0. The highest BCUT2D eigenvalue weighted by molar-refractivity contribution is 5.92. The molecule has 0 fully saturated rings. The Labute approximate surface area is 139 Å². The van der Waals surface area contributed by atoms with Gasteiger partial charge in [0.2, 0.25) is 0 Å². The molecule has 2 N–H and O–H groups in total. The smallest absolute Gasteiger partial charge is 0.270 e. The fraction of sp³-hybridized carbons (Fsp3) is 0.118. The van der Waals surface area contributed by atoms with E-state index in [2.05, 4.69) is 30.6 Å². The molecule has 0 aliphatic rings. The Morgan fingerprint density at radius 3 is 2.62 bits per heavy atom. The summed E-state index contributed by atoms with van der Waals surface area (Å²) in [5.41, 5.74) is 2.31. The molecule has 0 aromatic carbocycles. The Kier molecular flexibility index (Phi) is 5.03. The van der Waals surface area contributed by atoms with Crippen molar-refractivity contribution in [2.75, 3.05) is 5.32 Å². The van der Waals surface area contributed by atoms with Gasteiger partial charge in [0, 0.05) is 43.9 Å². The van der Waals surface area contributed by atoms with Gasteiger partial charge < -0.3 is 10.6 Å². The fourth-order valence-electron chi connectivity index (χ4n) is 2.05. The highest BCUT2D eigenvalue weighted by Crippen LogP contribution is 2.07. The first-order valence-electron chi connectivity index (χ1n) is 7.43. The third-order valence-corrected chi connectivity index (χ3v) is 3.30. The normalized spacial score (nSPS) is 10.2. The van der Waals surface area contributed by atoms with E-state index in [4.69, 9.17) is 0 Å². The zero-order chi connectivity index (χ0) is 16.6. The molecule has 3 rings (SSSR count). The maximum absolute atomic E-state index is 12.2. The zero-order valence-electron chi connectivity index (χ0n) is 12.9. The van der Waals surface area contributed by atoms with Crippen molar-refractivity contribution in [3.8, 4) is 0 Å². The molecule has 3 aromatic heterocycles. The molecule has 0 bridgehead atoms. The molecule has 0 unspecified atom stereocenters. The van der Waals surface area contributed by atoms with Gasteiger partial charge in [-0.2, -0.15) is 0 Å². The molecular weight excluding hydrogens is 304 g/mol. The standard InChI is InChI=1S/C17H16N6O/c24-17(21-10-13-3-6-18-7-4-13)15-8-16(23-12-22-15)20-11-14-2-1-5-19-9-14/h1-9,12H,10-11H2,(H,21,24)(H,20,22,23). The van der Waals surface area contributed by atoms with E-state index in [0.717, 1.165) is 11.1 Å². The minimum atomic E-state index is -0.251. The second kappa shape index (κ2) is 7.77. The summed E-state index contributed by atoms with van der Waals surface area (Å²) in [6, 6.07) is 9.15. The maximum atomic E-state index is 12.2. The molecule has 0 aliphatic carbocycles. The number of hydrogen-bond donors (Lipinski definition) is 2. The van der Waals surface area contributed by atoms with E-state index < -0.39 is 0 Å². The summed E-state index contributed by atoms with van der Waals surface area (Å²) in [5.74, 6) is 0.335. The van der Waals surface area contributed by atoms with Crippen molar-refractivity contribution >= 4 is 11.7 Å². The first-order valence-corrected chi connectivity index (χ1v) is 7.43. The van der Waals surface area contributed by atoms with Crippen LogP contribution >= 0.6 is 0 Å². The van der Waals surface area contributed by atoms with Gasteiger partial charge in [0.25, 0.3) is 5.91 Å². The van der Waals surface area contributed by atoms with E-state index >= 15 is 0 Å². The average Bonchev–Trinajstić information content (AvgIpc) is 2.66. The number of nitrogens with one attached hydrogen (secondary N) is 2. The number of pyridine rings is 2. The molecule has 0 saturated carbocycles. The van der Waals surface area contributed by atoms with Crippen LogP contribution in [0, 0.1) is 0 Å². The Morgan fingerprint density at radius 1 is 0.958 bits per heavy atom. The number of carbonyl (C=O) groups is 1. The number of rotatable bonds is 6. The van der Waals surface area contributed by atoms with Gasteiger partial charge in [-0.3, -0.25) is 14.8 Å². The van der Waals surface area contributed by atoms with Crippen LogP contribution in [0.25, 0.3) is 0 Å². The van der Waals surface area contributed by atoms with E-state index in [0.29, 0.717) is 24.6 Å². The number of anilines is 1. The van der Waals surface area contributed by atoms with Gasteiger partial charge in [-0.1, -0.05) is 6.07 Å². The molecule has 0 spiro atoms. The van der Waals surface area contributed by atoms with Crippen molar-refractivity contribution in [2.24, 2.45) is 0 Å². The van der Waals surface area contributed by atoms with Crippen LogP contribution in [0.2, 0.25) is 0 Å². The van der Waals surface area contributed by atoms with Gasteiger partial charge in [0.1, 0.15) is 17.8 Å². The third kappa shape index (κ3) is 4.33.